The number of hydrogen-bond donors (Lipinski definition) is 1. The van der Waals surface area contributed by atoms with Gasteiger partial charge in [-0.15, -0.1) is 0 Å². The van der Waals surface area contributed by atoms with Gasteiger partial charge in [-0.2, -0.15) is 0 Å². The number of amides is 3. The Hall–Kier alpha value is -3.75. The molecule has 0 saturated heterocycles. The zero-order valence-corrected chi connectivity index (χ0v) is 16.0. The van der Waals surface area contributed by atoms with Crippen LogP contribution in [0.25, 0.3) is 0 Å². The number of nitrogens with zero attached hydrogens (tertiary/aromatic N) is 3. The van der Waals surface area contributed by atoms with Crippen LogP contribution in [0.1, 0.15) is 34.6 Å². The van der Waals surface area contributed by atoms with E-state index in [-0.39, 0.29) is 11.1 Å². The molecule has 0 aliphatic carbocycles. The molecule has 0 bridgehead atoms. The third-order valence-electron chi connectivity index (χ3n) is 4.76. The topological polar surface area (TPSA) is 113 Å². The number of carbonyl (C=O) groups excluding carboxylic acids is 3. The first kappa shape index (κ1) is 20.0. The van der Waals surface area contributed by atoms with E-state index in [4.69, 9.17) is 0 Å². The minimum atomic E-state index is -0.843. The highest BCUT2D eigenvalue weighted by Gasteiger charge is 2.41. The van der Waals surface area contributed by atoms with Crippen molar-refractivity contribution in [3.05, 3.63) is 63.7 Å². The minimum absolute atomic E-state index is 0.0689. The van der Waals surface area contributed by atoms with E-state index in [1.807, 2.05) is 26.0 Å². The van der Waals surface area contributed by atoms with E-state index in [0.29, 0.717) is 5.69 Å². The molecule has 2 aromatic rings. The molecule has 0 unspecified atom stereocenters. The summed E-state index contributed by atoms with van der Waals surface area (Å²) in [6.07, 6.45) is 0. The van der Waals surface area contributed by atoms with E-state index >= 15 is 0 Å². The van der Waals surface area contributed by atoms with Gasteiger partial charge >= 0.3 is 0 Å². The van der Waals surface area contributed by atoms with Gasteiger partial charge in [-0.05, 0) is 44.2 Å². The van der Waals surface area contributed by atoms with Gasteiger partial charge in [0.2, 0.25) is 5.91 Å². The molecule has 0 spiro atoms. The van der Waals surface area contributed by atoms with Crippen LogP contribution < -0.4 is 10.2 Å². The molecule has 0 radical (unpaired) electrons. The molecule has 3 rings (SSSR count). The fourth-order valence-electron chi connectivity index (χ4n) is 3.30. The van der Waals surface area contributed by atoms with Gasteiger partial charge in [-0.1, -0.05) is 6.07 Å². The summed E-state index contributed by atoms with van der Waals surface area (Å²) in [5, 5.41) is 13.8. The van der Waals surface area contributed by atoms with Crippen molar-refractivity contribution in [1.29, 1.82) is 0 Å². The lowest BCUT2D eigenvalue weighted by Gasteiger charge is -2.21. The third kappa shape index (κ3) is 3.79. The van der Waals surface area contributed by atoms with Crippen LogP contribution in [0.5, 0.6) is 0 Å². The van der Waals surface area contributed by atoms with Crippen molar-refractivity contribution in [2.75, 3.05) is 29.9 Å². The maximum atomic E-state index is 12.5. The summed E-state index contributed by atoms with van der Waals surface area (Å²) in [7, 11) is 0. The molecule has 3 amide bonds. The molecule has 29 heavy (non-hydrogen) atoms. The molecule has 2 aromatic carbocycles. The highest BCUT2D eigenvalue weighted by molar-refractivity contribution is 6.24. The number of nitrogens with one attached hydrogen (secondary N) is 1. The molecule has 150 valence electrons. The monoisotopic (exact) mass is 396 g/mol. The molecule has 9 heteroatoms. The van der Waals surface area contributed by atoms with E-state index in [1.54, 1.807) is 12.1 Å². The molecule has 9 nitrogen and oxygen atoms in total. The Bertz CT molecular complexity index is 983. The van der Waals surface area contributed by atoms with Crippen molar-refractivity contribution in [2.45, 2.75) is 13.8 Å². The third-order valence-corrected chi connectivity index (χ3v) is 4.76. The van der Waals surface area contributed by atoms with Gasteiger partial charge < -0.3 is 10.2 Å². The first-order chi connectivity index (χ1) is 13.9. The van der Waals surface area contributed by atoms with Crippen molar-refractivity contribution < 1.29 is 19.3 Å². The largest absolute Gasteiger partial charge is 0.372 e. The second-order valence-electron chi connectivity index (χ2n) is 6.42. The highest BCUT2D eigenvalue weighted by atomic mass is 16.6. The molecule has 1 aliphatic heterocycles. The van der Waals surface area contributed by atoms with Crippen LogP contribution in [0.15, 0.2) is 42.5 Å². The van der Waals surface area contributed by atoms with Crippen molar-refractivity contribution >= 4 is 34.8 Å². The van der Waals surface area contributed by atoms with Gasteiger partial charge in [0.1, 0.15) is 12.1 Å². The van der Waals surface area contributed by atoms with Crippen LogP contribution in [-0.2, 0) is 4.79 Å². The standard InChI is InChI=1S/C20H20N4O5/c1-3-22(4-2)14-10-8-13(9-11-14)21-17(25)12-23-19(26)15-6-5-7-16(24(28)29)18(15)20(23)27/h5-11H,3-4,12H2,1-2H3,(H,21,25). The van der Waals surface area contributed by atoms with Crippen molar-refractivity contribution in [2.24, 2.45) is 0 Å². The summed E-state index contributed by atoms with van der Waals surface area (Å²) in [5.41, 5.74) is 0.740. The molecule has 0 saturated carbocycles. The molecule has 1 aliphatic rings. The summed E-state index contributed by atoms with van der Waals surface area (Å²) < 4.78 is 0. The molecule has 0 fully saturated rings. The van der Waals surface area contributed by atoms with Crippen LogP contribution in [0.3, 0.4) is 0 Å². The van der Waals surface area contributed by atoms with Crippen molar-refractivity contribution in [3.63, 3.8) is 0 Å². The van der Waals surface area contributed by atoms with Gasteiger partial charge in [0.25, 0.3) is 17.5 Å². The zero-order chi connectivity index (χ0) is 21.1. The SMILES string of the molecule is CCN(CC)c1ccc(NC(=O)CN2C(=O)c3cccc([N+](=O)[O-])c3C2=O)cc1. The summed E-state index contributed by atoms with van der Waals surface area (Å²) in [6.45, 7) is 5.28. The van der Waals surface area contributed by atoms with Gasteiger partial charge in [0, 0.05) is 30.5 Å². The molecular formula is C20H20N4O5. The van der Waals surface area contributed by atoms with E-state index in [2.05, 4.69) is 10.2 Å². The Labute approximate surface area is 167 Å². The average Bonchev–Trinajstić information content (AvgIpc) is 2.95. The second kappa shape index (κ2) is 8.09. The highest BCUT2D eigenvalue weighted by Crippen LogP contribution is 2.30. The number of benzene rings is 2. The van der Waals surface area contributed by atoms with Crippen LogP contribution in [0.4, 0.5) is 17.1 Å². The molecule has 1 heterocycles. The summed E-state index contributed by atoms with van der Waals surface area (Å²) in [6, 6.07) is 11.0. The fraction of sp³-hybridized carbons (Fsp3) is 0.250. The van der Waals surface area contributed by atoms with Gasteiger partial charge in [-0.25, -0.2) is 0 Å². The van der Waals surface area contributed by atoms with Crippen LogP contribution >= 0.6 is 0 Å². The normalized spacial score (nSPS) is 12.7. The van der Waals surface area contributed by atoms with Gasteiger partial charge in [0.05, 0.1) is 10.5 Å². The Balaban J connectivity index is 1.72. The first-order valence-electron chi connectivity index (χ1n) is 9.15. The van der Waals surface area contributed by atoms with Crippen LogP contribution in [-0.4, -0.2) is 47.2 Å². The second-order valence-corrected chi connectivity index (χ2v) is 6.42. The van der Waals surface area contributed by atoms with E-state index in [1.165, 1.54) is 12.1 Å². The maximum absolute atomic E-state index is 12.5. The van der Waals surface area contributed by atoms with Crippen molar-refractivity contribution in [1.82, 2.24) is 4.90 Å². The van der Waals surface area contributed by atoms with Gasteiger partial charge in [0.15, 0.2) is 0 Å². The minimum Gasteiger partial charge on any atom is -0.372 e. The van der Waals surface area contributed by atoms with E-state index in [0.717, 1.165) is 29.7 Å². The molecular weight excluding hydrogens is 376 g/mol. The number of fused-ring (bicyclic) bond motifs is 1. The number of nitro benzene ring substituents is 1. The quantitative estimate of drug-likeness (QED) is 0.437. The number of anilines is 2. The van der Waals surface area contributed by atoms with Crippen molar-refractivity contribution in [3.8, 4) is 0 Å². The average molecular weight is 396 g/mol. The van der Waals surface area contributed by atoms with E-state index in [9.17, 15) is 24.5 Å². The van der Waals surface area contributed by atoms with Crippen LogP contribution in [0.2, 0.25) is 0 Å². The molecule has 0 aromatic heterocycles. The van der Waals surface area contributed by atoms with Crippen LogP contribution in [0, 0.1) is 10.1 Å². The lowest BCUT2D eigenvalue weighted by atomic mass is 10.1. The predicted octanol–water partition coefficient (Wildman–Crippen LogP) is 2.68. The first-order valence-corrected chi connectivity index (χ1v) is 9.15. The lowest BCUT2D eigenvalue weighted by Crippen LogP contribution is -2.37. The van der Waals surface area contributed by atoms with E-state index < -0.39 is 34.9 Å². The molecule has 1 N–H and O–H groups in total. The Morgan fingerprint density at radius 1 is 1.07 bits per heavy atom. The maximum Gasteiger partial charge on any atom is 0.282 e. The summed E-state index contributed by atoms with van der Waals surface area (Å²) in [4.78, 5) is 50.6. The number of carbonyl (C=O) groups is 3. The number of rotatable bonds is 7. The Morgan fingerprint density at radius 2 is 1.72 bits per heavy atom. The smallest absolute Gasteiger partial charge is 0.282 e. The zero-order valence-electron chi connectivity index (χ0n) is 16.0. The number of hydrogen-bond acceptors (Lipinski definition) is 6. The number of imide groups is 1. The summed E-state index contributed by atoms with van der Waals surface area (Å²) in [5.74, 6) is -2.14. The lowest BCUT2D eigenvalue weighted by molar-refractivity contribution is -0.385. The molecule has 0 atom stereocenters. The fourth-order valence-corrected chi connectivity index (χ4v) is 3.30. The van der Waals surface area contributed by atoms with Gasteiger partial charge in [-0.3, -0.25) is 29.4 Å². The Kier molecular flexibility index (Phi) is 5.58. The predicted molar refractivity (Wildman–Crippen MR) is 107 cm³/mol. The Morgan fingerprint density at radius 3 is 2.31 bits per heavy atom. The summed E-state index contributed by atoms with van der Waals surface area (Å²) >= 11 is 0. The number of nitro groups is 1.